The number of rotatable bonds is 6. The summed E-state index contributed by atoms with van der Waals surface area (Å²) < 4.78 is 24.6. The number of aliphatic hydroxyl groups excluding tert-OH is 1. The van der Waals surface area contributed by atoms with E-state index in [0.717, 1.165) is 0 Å². The fourth-order valence-corrected chi connectivity index (χ4v) is 4.02. The Hall–Kier alpha value is -2.26. The van der Waals surface area contributed by atoms with Crippen molar-refractivity contribution in [3.63, 3.8) is 0 Å². The molecule has 128 valence electrons. The molecule has 0 fully saturated rings. The number of hydrogen-bond donors (Lipinski definition) is 1. The van der Waals surface area contributed by atoms with Crippen molar-refractivity contribution in [3.8, 4) is 11.5 Å². The quantitative estimate of drug-likeness (QED) is 0.564. The normalized spacial score (nSPS) is 12.4. The van der Waals surface area contributed by atoms with Gasteiger partial charge in [0.25, 0.3) is 0 Å². The zero-order valence-electron chi connectivity index (χ0n) is 13.2. The summed E-state index contributed by atoms with van der Waals surface area (Å²) in [6.07, 6.45) is 0. The van der Waals surface area contributed by atoms with Crippen LogP contribution in [0.25, 0.3) is 0 Å². The first kappa shape index (κ1) is 17.6. The summed E-state index contributed by atoms with van der Waals surface area (Å²) in [6.45, 7) is 0. The van der Waals surface area contributed by atoms with E-state index < -0.39 is 13.4 Å². The Morgan fingerprint density at radius 2 is 1.32 bits per heavy atom. The van der Waals surface area contributed by atoms with Crippen LogP contribution in [0.4, 0.5) is 0 Å². The monoisotopic (exact) mass is 374 g/mol. The van der Waals surface area contributed by atoms with Gasteiger partial charge >= 0.3 is 7.60 Å². The molecule has 3 aromatic carbocycles. The fraction of sp³-hybridized carbons (Fsp3) is 0.0526. The molecule has 3 aromatic rings. The van der Waals surface area contributed by atoms with E-state index >= 15 is 0 Å². The maximum absolute atomic E-state index is 13.4. The topological polar surface area (TPSA) is 55.8 Å². The van der Waals surface area contributed by atoms with Gasteiger partial charge in [-0.2, -0.15) is 0 Å². The number of aliphatic hydroxyl groups is 1. The smallest absolute Gasteiger partial charge is 0.414 e. The number of halogens is 1. The lowest BCUT2D eigenvalue weighted by molar-refractivity contribution is 0.212. The van der Waals surface area contributed by atoms with Crippen molar-refractivity contribution in [1.82, 2.24) is 0 Å². The Morgan fingerprint density at radius 3 is 1.80 bits per heavy atom. The van der Waals surface area contributed by atoms with Gasteiger partial charge in [-0.1, -0.05) is 60.1 Å². The second-order valence-electron chi connectivity index (χ2n) is 5.28. The van der Waals surface area contributed by atoms with Crippen molar-refractivity contribution >= 4 is 19.2 Å². The Kier molecular flexibility index (Phi) is 5.44. The fourth-order valence-electron chi connectivity index (χ4n) is 2.22. The molecule has 0 spiro atoms. The van der Waals surface area contributed by atoms with Crippen LogP contribution in [0.3, 0.4) is 0 Å². The average molecular weight is 375 g/mol. The van der Waals surface area contributed by atoms with Crippen LogP contribution in [0, 0.1) is 0 Å². The Morgan fingerprint density at radius 1 is 0.800 bits per heavy atom. The zero-order chi connectivity index (χ0) is 17.7. The highest BCUT2D eigenvalue weighted by Gasteiger charge is 2.39. The molecule has 0 heterocycles. The second-order valence-corrected chi connectivity index (χ2v) is 7.65. The van der Waals surface area contributed by atoms with E-state index in [-0.39, 0.29) is 0 Å². The number of para-hydroxylation sites is 2. The van der Waals surface area contributed by atoms with Crippen LogP contribution in [0.2, 0.25) is 5.02 Å². The summed E-state index contributed by atoms with van der Waals surface area (Å²) in [5.41, 5.74) is 0.350. The number of benzene rings is 3. The van der Waals surface area contributed by atoms with Crippen molar-refractivity contribution in [1.29, 1.82) is 0 Å². The van der Waals surface area contributed by atoms with Crippen LogP contribution in [-0.4, -0.2) is 5.11 Å². The molecule has 0 saturated carbocycles. The van der Waals surface area contributed by atoms with Crippen LogP contribution >= 0.6 is 19.2 Å². The van der Waals surface area contributed by atoms with Gasteiger partial charge in [0.1, 0.15) is 11.5 Å². The average Bonchev–Trinajstić information content (AvgIpc) is 2.62. The molecule has 4 nitrogen and oxygen atoms in total. The first-order valence-corrected chi connectivity index (χ1v) is 9.58. The minimum Gasteiger partial charge on any atom is -0.414 e. The third-order valence-corrected chi connectivity index (χ3v) is 5.46. The lowest BCUT2D eigenvalue weighted by Crippen LogP contribution is -2.10. The zero-order valence-corrected chi connectivity index (χ0v) is 14.8. The van der Waals surface area contributed by atoms with Crippen molar-refractivity contribution in [2.75, 3.05) is 0 Å². The minimum absolute atomic E-state index is 0.336. The summed E-state index contributed by atoms with van der Waals surface area (Å²) in [5.74, 6) is -0.822. The van der Waals surface area contributed by atoms with Crippen LogP contribution in [0.1, 0.15) is 11.4 Å². The van der Waals surface area contributed by atoms with Crippen molar-refractivity contribution in [3.05, 3.63) is 95.5 Å². The van der Waals surface area contributed by atoms with Crippen LogP contribution in [0.15, 0.2) is 84.9 Å². The molecule has 0 aliphatic carbocycles. The van der Waals surface area contributed by atoms with Gasteiger partial charge in [0.2, 0.25) is 5.85 Å². The first-order valence-electron chi connectivity index (χ1n) is 7.59. The van der Waals surface area contributed by atoms with Gasteiger partial charge in [0.15, 0.2) is 0 Å². The van der Waals surface area contributed by atoms with Gasteiger partial charge in [0, 0.05) is 5.02 Å². The molecule has 0 aliphatic heterocycles. The molecule has 0 saturated heterocycles. The summed E-state index contributed by atoms with van der Waals surface area (Å²) in [7, 11) is -4.00. The molecule has 0 amide bonds. The molecular formula is C19H16ClO4P. The van der Waals surface area contributed by atoms with E-state index in [1.807, 2.05) is 12.1 Å². The van der Waals surface area contributed by atoms with E-state index in [1.54, 1.807) is 66.7 Å². The second kappa shape index (κ2) is 7.75. The summed E-state index contributed by atoms with van der Waals surface area (Å²) >= 11 is 5.98. The van der Waals surface area contributed by atoms with Crippen molar-refractivity contribution < 1.29 is 18.7 Å². The SMILES string of the molecule is O=P(Oc1ccccc1)(Oc1ccccc1)[C@@H](O)c1cccc(Cl)c1. The maximum atomic E-state index is 13.4. The molecular weight excluding hydrogens is 359 g/mol. The van der Waals surface area contributed by atoms with Gasteiger partial charge in [-0.3, -0.25) is 0 Å². The van der Waals surface area contributed by atoms with Crippen LogP contribution < -0.4 is 9.05 Å². The third-order valence-electron chi connectivity index (χ3n) is 3.40. The van der Waals surface area contributed by atoms with Gasteiger partial charge in [-0.25, -0.2) is 4.57 Å². The highest BCUT2D eigenvalue weighted by molar-refractivity contribution is 7.54. The molecule has 0 unspecified atom stereocenters. The van der Waals surface area contributed by atoms with Crippen LogP contribution in [-0.2, 0) is 4.57 Å². The standard InChI is InChI=1S/C19H16ClO4P/c20-16-9-7-8-15(14-16)19(21)25(22,23-17-10-3-1-4-11-17)24-18-12-5-2-6-13-18/h1-14,19,21H/t19-/m1/s1. The Balaban J connectivity index is 1.97. The molecule has 1 atom stereocenters. The van der Waals surface area contributed by atoms with Gasteiger partial charge in [-0.15, -0.1) is 0 Å². The van der Waals surface area contributed by atoms with Crippen LogP contribution in [0.5, 0.6) is 11.5 Å². The lowest BCUT2D eigenvalue weighted by atomic mass is 10.2. The van der Waals surface area contributed by atoms with E-state index in [2.05, 4.69) is 0 Å². The molecule has 0 radical (unpaired) electrons. The van der Waals surface area contributed by atoms with Gasteiger partial charge < -0.3 is 14.2 Å². The summed E-state index contributed by atoms with van der Waals surface area (Å²) in [5, 5.41) is 11.1. The maximum Gasteiger partial charge on any atom is 0.463 e. The molecule has 0 bridgehead atoms. The van der Waals surface area contributed by atoms with E-state index in [4.69, 9.17) is 20.6 Å². The van der Waals surface area contributed by atoms with Gasteiger partial charge in [-0.05, 0) is 42.0 Å². The molecule has 0 aliphatic rings. The predicted molar refractivity (Wildman–Crippen MR) is 98.2 cm³/mol. The van der Waals surface area contributed by atoms with E-state index in [0.29, 0.717) is 22.1 Å². The van der Waals surface area contributed by atoms with E-state index in [9.17, 15) is 9.67 Å². The molecule has 0 aromatic heterocycles. The third kappa shape index (κ3) is 4.43. The van der Waals surface area contributed by atoms with Crippen molar-refractivity contribution in [2.45, 2.75) is 5.85 Å². The Labute approximate surface area is 151 Å². The largest absolute Gasteiger partial charge is 0.463 e. The highest BCUT2D eigenvalue weighted by atomic mass is 35.5. The van der Waals surface area contributed by atoms with E-state index in [1.165, 1.54) is 6.07 Å². The highest BCUT2D eigenvalue weighted by Crippen LogP contribution is 2.58. The molecule has 25 heavy (non-hydrogen) atoms. The molecule has 6 heteroatoms. The molecule has 1 N–H and O–H groups in total. The predicted octanol–water partition coefficient (Wildman–Crippen LogP) is 5.68. The Bertz CT molecular complexity index is 825. The van der Waals surface area contributed by atoms with Gasteiger partial charge in [0.05, 0.1) is 0 Å². The first-order chi connectivity index (χ1) is 12.1. The number of hydrogen-bond acceptors (Lipinski definition) is 4. The minimum atomic E-state index is -4.00. The molecule has 3 rings (SSSR count). The summed E-state index contributed by atoms with van der Waals surface area (Å²) in [6, 6.07) is 23.6. The summed E-state index contributed by atoms with van der Waals surface area (Å²) in [4.78, 5) is 0. The lowest BCUT2D eigenvalue weighted by Gasteiger charge is -2.24. The van der Waals surface area contributed by atoms with Crippen molar-refractivity contribution in [2.24, 2.45) is 0 Å².